The molecule has 27 heavy (non-hydrogen) atoms. The van der Waals surface area contributed by atoms with E-state index in [0.717, 1.165) is 18.5 Å². The fourth-order valence-electron chi connectivity index (χ4n) is 3.94. The molecule has 2 aliphatic heterocycles. The maximum Gasteiger partial charge on any atom is 0.278 e. The first-order valence-electron chi connectivity index (χ1n) is 9.45. The van der Waals surface area contributed by atoms with Crippen LogP contribution in [0.4, 0.5) is 0 Å². The second kappa shape index (κ2) is 7.90. The van der Waals surface area contributed by atoms with Gasteiger partial charge in [0.1, 0.15) is 0 Å². The van der Waals surface area contributed by atoms with Crippen LogP contribution in [0.5, 0.6) is 5.75 Å². The van der Waals surface area contributed by atoms with Crippen LogP contribution >= 0.6 is 12.4 Å². The smallest absolute Gasteiger partial charge is 0.278 e. The van der Waals surface area contributed by atoms with Crippen molar-refractivity contribution in [3.63, 3.8) is 0 Å². The third-order valence-electron chi connectivity index (χ3n) is 5.53. The van der Waals surface area contributed by atoms with Gasteiger partial charge in [-0.1, -0.05) is 26.0 Å². The summed E-state index contributed by atoms with van der Waals surface area (Å²) in [5.41, 5.74) is 2.21. The third-order valence-corrected chi connectivity index (χ3v) is 5.53. The van der Waals surface area contributed by atoms with Crippen molar-refractivity contribution in [3.8, 4) is 11.4 Å². The van der Waals surface area contributed by atoms with Crippen molar-refractivity contribution < 1.29 is 9.90 Å². The molecule has 2 N–H and O–H groups in total. The molecular weight excluding hydrogens is 364 g/mol. The van der Waals surface area contributed by atoms with E-state index in [1.54, 1.807) is 4.68 Å². The normalized spacial score (nSPS) is 21.8. The molecule has 0 saturated carbocycles. The van der Waals surface area contributed by atoms with Crippen molar-refractivity contribution in [1.82, 2.24) is 20.0 Å². The van der Waals surface area contributed by atoms with Crippen molar-refractivity contribution in [3.05, 3.63) is 41.7 Å². The number of fused-ring (bicyclic) bond motifs is 2. The number of carbonyl (C=O) groups is 1. The van der Waals surface area contributed by atoms with Gasteiger partial charge in [0, 0.05) is 25.2 Å². The number of benzene rings is 1. The van der Waals surface area contributed by atoms with Gasteiger partial charge in [0.25, 0.3) is 5.91 Å². The zero-order valence-electron chi connectivity index (χ0n) is 15.8. The minimum atomic E-state index is -0.186. The molecule has 1 aromatic carbocycles. The summed E-state index contributed by atoms with van der Waals surface area (Å²) in [6.07, 6.45) is 4.77. The first-order valence-corrected chi connectivity index (χ1v) is 9.45. The van der Waals surface area contributed by atoms with E-state index in [1.165, 1.54) is 18.2 Å². The van der Waals surface area contributed by atoms with Gasteiger partial charge in [0.15, 0.2) is 11.4 Å². The zero-order valence-corrected chi connectivity index (χ0v) is 16.6. The molecule has 0 radical (unpaired) electrons. The van der Waals surface area contributed by atoms with Gasteiger partial charge in [0.05, 0.1) is 11.9 Å². The van der Waals surface area contributed by atoms with E-state index in [2.05, 4.69) is 36.4 Å². The number of hydrogen-bond acceptors (Lipinski definition) is 4. The average molecular weight is 391 g/mol. The number of likely N-dealkylation sites (tertiary alicyclic amines) is 1. The number of aromatic hydroxyl groups is 1. The number of hydrogen-bond donors (Lipinski definition) is 2. The van der Waals surface area contributed by atoms with Crippen molar-refractivity contribution in [1.29, 1.82) is 0 Å². The number of aromatic nitrogens is 2. The molecule has 2 aliphatic rings. The number of halogens is 1. The average Bonchev–Trinajstić information content (AvgIpc) is 3.16. The van der Waals surface area contributed by atoms with Crippen LogP contribution in [0, 0.1) is 0 Å². The maximum absolute atomic E-state index is 12.9. The van der Waals surface area contributed by atoms with Crippen LogP contribution in [-0.2, 0) is 0 Å². The summed E-state index contributed by atoms with van der Waals surface area (Å²) in [7, 11) is 0. The highest BCUT2D eigenvalue weighted by atomic mass is 35.5. The molecule has 2 atom stereocenters. The Morgan fingerprint density at radius 2 is 1.89 bits per heavy atom. The molecule has 2 aromatic rings. The molecule has 3 heterocycles. The van der Waals surface area contributed by atoms with E-state index in [-0.39, 0.29) is 29.8 Å². The van der Waals surface area contributed by atoms with Gasteiger partial charge in [-0.05, 0) is 42.9 Å². The Labute approximate surface area is 166 Å². The number of nitrogens with zero attached hydrogens (tertiary/aromatic N) is 3. The second-order valence-corrected chi connectivity index (χ2v) is 7.73. The molecule has 7 heteroatoms. The lowest BCUT2D eigenvalue weighted by Crippen LogP contribution is -2.39. The summed E-state index contributed by atoms with van der Waals surface area (Å²) in [4.78, 5) is 14.7. The molecule has 0 spiro atoms. The van der Waals surface area contributed by atoms with Gasteiger partial charge in [0.2, 0.25) is 0 Å². The van der Waals surface area contributed by atoms with Gasteiger partial charge in [-0.3, -0.25) is 4.79 Å². The molecule has 1 amide bonds. The van der Waals surface area contributed by atoms with Crippen LogP contribution in [-0.4, -0.2) is 50.9 Å². The lowest BCUT2D eigenvalue weighted by Gasteiger charge is -2.23. The van der Waals surface area contributed by atoms with Crippen molar-refractivity contribution >= 4 is 18.3 Å². The SMILES string of the molecule is CC(C)c1ccc(-n2cc(O)c(C(=O)N3CCC4CCC(C3)N4)n2)cc1.Cl. The molecule has 146 valence electrons. The Hall–Kier alpha value is -2.05. The molecule has 1 aromatic heterocycles. The van der Waals surface area contributed by atoms with Gasteiger partial charge in [-0.25, -0.2) is 4.68 Å². The minimum Gasteiger partial charge on any atom is -0.504 e. The molecule has 2 fully saturated rings. The highest BCUT2D eigenvalue weighted by Gasteiger charge is 2.33. The first-order chi connectivity index (χ1) is 12.5. The molecule has 2 unspecified atom stereocenters. The summed E-state index contributed by atoms with van der Waals surface area (Å²) in [6.45, 7) is 5.69. The highest BCUT2D eigenvalue weighted by Crippen LogP contribution is 2.25. The second-order valence-electron chi connectivity index (χ2n) is 7.73. The van der Waals surface area contributed by atoms with Crippen LogP contribution < -0.4 is 5.32 Å². The predicted molar refractivity (Wildman–Crippen MR) is 107 cm³/mol. The van der Waals surface area contributed by atoms with Gasteiger partial charge < -0.3 is 15.3 Å². The van der Waals surface area contributed by atoms with Crippen LogP contribution in [0.15, 0.2) is 30.5 Å². The van der Waals surface area contributed by atoms with E-state index in [0.29, 0.717) is 31.1 Å². The maximum atomic E-state index is 12.9. The molecular formula is C20H27ClN4O2. The van der Waals surface area contributed by atoms with Gasteiger partial charge in [-0.15, -0.1) is 12.4 Å². The number of amides is 1. The first kappa shape index (κ1) is 19.7. The fraction of sp³-hybridized carbons (Fsp3) is 0.500. The van der Waals surface area contributed by atoms with Crippen LogP contribution in [0.1, 0.15) is 55.1 Å². The zero-order chi connectivity index (χ0) is 18.3. The molecule has 4 rings (SSSR count). The predicted octanol–water partition coefficient (Wildman–Crippen LogP) is 3.09. The molecule has 0 aliphatic carbocycles. The lowest BCUT2D eigenvalue weighted by atomic mass is 10.0. The van der Waals surface area contributed by atoms with E-state index in [9.17, 15) is 9.90 Å². The third kappa shape index (κ3) is 3.96. The Morgan fingerprint density at radius 3 is 2.59 bits per heavy atom. The van der Waals surface area contributed by atoms with Crippen LogP contribution in [0.2, 0.25) is 0 Å². The minimum absolute atomic E-state index is 0. The highest BCUT2D eigenvalue weighted by molar-refractivity contribution is 5.95. The monoisotopic (exact) mass is 390 g/mol. The Morgan fingerprint density at radius 1 is 1.19 bits per heavy atom. The quantitative estimate of drug-likeness (QED) is 0.844. The van der Waals surface area contributed by atoms with Crippen molar-refractivity contribution in [2.75, 3.05) is 13.1 Å². The lowest BCUT2D eigenvalue weighted by molar-refractivity contribution is 0.0739. The van der Waals surface area contributed by atoms with E-state index < -0.39 is 0 Å². The van der Waals surface area contributed by atoms with E-state index >= 15 is 0 Å². The standard InChI is InChI=1S/C20H26N4O2.ClH/c1-13(2)14-3-7-17(8-4-14)24-12-18(25)19(22-24)20(26)23-10-9-15-5-6-16(11-23)21-15;/h3-4,7-8,12-13,15-16,21,25H,5-6,9-11H2,1-2H3;1H. The summed E-state index contributed by atoms with van der Waals surface area (Å²) >= 11 is 0. The topological polar surface area (TPSA) is 70.4 Å². The number of rotatable bonds is 3. The van der Waals surface area contributed by atoms with Crippen molar-refractivity contribution in [2.45, 2.75) is 51.1 Å². The summed E-state index contributed by atoms with van der Waals surface area (Å²) < 4.78 is 1.58. The van der Waals surface area contributed by atoms with Gasteiger partial charge in [-0.2, -0.15) is 5.10 Å². The Bertz CT molecular complexity index is 803. The molecule has 2 bridgehead atoms. The van der Waals surface area contributed by atoms with Crippen LogP contribution in [0.25, 0.3) is 5.69 Å². The number of carbonyl (C=O) groups excluding carboxylic acids is 1. The summed E-state index contributed by atoms with van der Waals surface area (Å²) in [5.74, 6) is 0.207. The fourth-order valence-corrected chi connectivity index (χ4v) is 3.94. The van der Waals surface area contributed by atoms with E-state index in [4.69, 9.17) is 0 Å². The Balaban J connectivity index is 0.00000210. The summed E-state index contributed by atoms with van der Waals surface area (Å²) in [5, 5.41) is 18.2. The van der Waals surface area contributed by atoms with E-state index in [1.807, 2.05) is 17.0 Å². The van der Waals surface area contributed by atoms with Crippen molar-refractivity contribution in [2.24, 2.45) is 0 Å². The molecule has 2 saturated heterocycles. The largest absolute Gasteiger partial charge is 0.504 e. The number of nitrogens with one attached hydrogen (secondary N) is 1. The van der Waals surface area contributed by atoms with Gasteiger partial charge >= 0.3 is 0 Å². The summed E-state index contributed by atoms with van der Waals surface area (Å²) in [6, 6.07) is 8.91. The van der Waals surface area contributed by atoms with Crippen LogP contribution in [0.3, 0.4) is 0 Å². The Kier molecular flexibility index (Phi) is 5.77. The molecule has 6 nitrogen and oxygen atoms in total.